The second-order valence-corrected chi connectivity index (χ2v) is 5.67. The van der Waals surface area contributed by atoms with Gasteiger partial charge in [0.1, 0.15) is 5.82 Å². The van der Waals surface area contributed by atoms with Crippen molar-refractivity contribution in [2.24, 2.45) is 0 Å². The molecule has 1 nitrogen and oxygen atoms in total. The molecule has 0 bridgehead atoms. The van der Waals surface area contributed by atoms with Crippen molar-refractivity contribution in [1.29, 1.82) is 0 Å². The Kier molecular flexibility index (Phi) is 3.83. The quantitative estimate of drug-likeness (QED) is 0.858. The van der Waals surface area contributed by atoms with Gasteiger partial charge in [0.05, 0.1) is 0 Å². The average molecular weight is 269 g/mol. The summed E-state index contributed by atoms with van der Waals surface area (Å²) >= 11 is 0. The van der Waals surface area contributed by atoms with Gasteiger partial charge in [-0.3, -0.25) is 0 Å². The van der Waals surface area contributed by atoms with Crippen LogP contribution in [0.3, 0.4) is 0 Å². The van der Waals surface area contributed by atoms with Gasteiger partial charge in [0.25, 0.3) is 0 Å². The Bertz CT molecular complexity index is 600. The first-order chi connectivity index (χ1) is 9.72. The van der Waals surface area contributed by atoms with E-state index in [1.54, 1.807) is 12.1 Å². The molecule has 20 heavy (non-hydrogen) atoms. The van der Waals surface area contributed by atoms with Crippen LogP contribution < -0.4 is 5.32 Å². The van der Waals surface area contributed by atoms with Crippen molar-refractivity contribution >= 4 is 0 Å². The zero-order valence-corrected chi connectivity index (χ0v) is 11.8. The third-order valence-corrected chi connectivity index (χ3v) is 4.08. The predicted molar refractivity (Wildman–Crippen MR) is 81.4 cm³/mol. The molecule has 0 unspecified atom stereocenters. The minimum Gasteiger partial charge on any atom is -0.317 e. The first-order valence-corrected chi connectivity index (χ1v) is 7.30. The van der Waals surface area contributed by atoms with Crippen LogP contribution >= 0.6 is 0 Å². The van der Waals surface area contributed by atoms with E-state index < -0.39 is 0 Å². The fourth-order valence-electron chi connectivity index (χ4n) is 2.99. The summed E-state index contributed by atoms with van der Waals surface area (Å²) in [6.45, 7) is 4.12. The highest BCUT2D eigenvalue weighted by atomic mass is 19.1. The number of aryl methyl sites for hydroxylation is 1. The lowest BCUT2D eigenvalue weighted by atomic mass is 9.88. The van der Waals surface area contributed by atoms with E-state index in [9.17, 15) is 4.39 Å². The zero-order chi connectivity index (χ0) is 13.9. The Balaban J connectivity index is 1.97. The van der Waals surface area contributed by atoms with Crippen molar-refractivity contribution in [1.82, 2.24) is 5.32 Å². The molecule has 1 saturated heterocycles. The van der Waals surface area contributed by atoms with Gasteiger partial charge in [-0.1, -0.05) is 35.9 Å². The van der Waals surface area contributed by atoms with Crippen molar-refractivity contribution in [3.8, 4) is 11.1 Å². The molecule has 2 aromatic rings. The van der Waals surface area contributed by atoms with Crippen LogP contribution in [0, 0.1) is 12.7 Å². The van der Waals surface area contributed by atoms with E-state index in [1.165, 1.54) is 5.56 Å². The third-order valence-electron chi connectivity index (χ3n) is 4.08. The second kappa shape index (κ2) is 5.76. The molecule has 2 aromatic carbocycles. The first-order valence-electron chi connectivity index (χ1n) is 7.30. The zero-order valence-electron chi connectivity index (χ0n) is 11.8. The molecule has 1 N–H and O–H groups in total. The standard InChI is InChI=1S/C18H20FN/c1-13-3-2-4-15(9-13)17-10-16(11-18(19)12-17)14-5-7-20-8-6-14/h2-4,9-12,14,20H,5-8H2,1H3. The van der Waals surface area contributed by atoms with E-state index >= 15 is 0 Å². The van der Waals surface area contributed by atoms with Gasteiger partial charge in [0.2, 0.25) is 0 Å². The Hall–Kier alpha value is -1.67. The number of rotatable bonds is 2. The van der Waals surface area contributed by atoms with Gasteiger partial charge in [0, 0.05) is 0 Å². The Morgan fingerprint density at radius 2 is 1.80 bits per heavy atom. The fraction of sp³-hybridized carbons (Fsp3) is 0.333. The Morgan fingerprint density at radius 3 is 2.55 bits per heavy atom. The lowest BCUT2D eigenvalue weighted by Crippen LogP contribution is -2.26. The molecule has 0 aromatic heterocycles. The van der Waals surface area contributed by atoms with Gasteiger partial charge in [-0.05, 0) is 67.6 Å². The van der Waals surface area contributed by atoms with Gasteiger partial charge in [-0.15, -0.1) is 0 Å². The summed E-state index contributed by atoms with van der Waals surface area (Å²) in [6, 6.07) is 13.8. The lowest BCUT2D eigenvalue weighted by molar-refractivity contribution is 0.458. The SMILES string of the molecule is Cc1cccc(-c2cc(F)cc(C3CCNCC3)c2)c1. The van der Waals surface area contributed by atoms with Crippen LogP contribution in [0.1, 0.15) is 29.9 Å². The molecule has 0 saturated carbocycles. The number of halogens is 1. The van der Waals surface area contributed by atoms with Gasteiger partial charge >= 0.3 is 0 Å². The van der Waals surface area contributed by atoms with Gasteiger partial charge in [-0.25, -0.2) is 4.39 Å². The highest BCUT2D eigenvalue weighted by Gasteiger charge is 2.16. The highest BCUT2D eigenvalue weighted by molar-refractivity contribution is 5.65. The van der Waals surface area contributed by atoms with Crippen molar-refractivity contribution in [3.63, 3.8) is 0 Å². The van der Waals surface area contributed by atoms with E-state index in [0.29, 0.717) is 5.92 Å². The summed E-state index contributed by atoms with van der Waals surface area (Å²) in [7, 11) is 0. The molecule has 1 aliphatic rings. The van der Waals surface area contributed by atoms with Crippen LogP contribution in [0.25, 0.3) is 11.1 Å². The molecule has 0 atom stereocenters. The number of benzene rings is 2. The predicted octanol–water partition coefficient (Wildman–Crippen LogP) is 4.27. The summed E-state index contributed by atoms with van der Waals surface area (Å²) in [6.07, 6.45) is 2.19. The maximum atomic E-state index is 14.0. The number of piperidine rings is 1. The summed E-state index contributed by atoms with van der Waals surface area (Å²) in [5.74, 6) is 0.355. The molecule has 104 valence electrons. The Labute approximate surface area is 119 Å². The van der Waals surface area contributed by atoms with Gasteiger partial charge in [-0.2, -0.15) is 0 Å². The maximum absolute atomic E-state index is 14.0. The topological polar surface area (TPSA) is 12.0 Å². The minimum atomic E-state index is -0.127. The monoisotopic (exact) mass is 269 g/mol. The van der Waals surface area contributed by atoms with Crippen LogP contribution in [0.4, 0.5) is 4.39 Å². The lowest BCUT2D eigenvalue weighted by Gasteiger charge is -2.23. The molecule has 0 amide bonds. The molecule has 0 radical (unpaired) electrons. The third kappa shape index (κ3) is 2.91. The van der Waals surface area contributed by atoms with Crippen LogP contribution in [0.15, 0.2) is 42.5 Å². The van der Waals surface area contributed by atoms with E-state index in [-0.39, 0.29) is 5.82 Å². The molecule has 1 fully saturated rings. The minimum absolute atomic E-state index is 0.127. The normalized spacial score (nSPS) is 16.3. The summed E-state index contributed by atoms with van der Waals surface area (Å²) in [5.41, 5.74) is 4.43. The summed E-state index contributed by atoms with van der Waals surface area (Å²) in [4.78, 5) is 0. The van der Waals surface area contributed by atoms with E-state index in [4.69, 9.17) is 0 Å². The number of hydrogen-bond acceptors (Lipinski definition) is 1. The number of hydrogen-bond donors (Lipinski definition) is 1. The highest BCUT2D eigenvalue weighted by Crippen LogP contribution is 2.30. The van der Waals surface area contributed by atoms with Crippen molar-refractivity contribution < 1.29 is 4.39 Å². The van der Waals surface area contributed by atoms with E-state index in [2.05, 4.69) is 30.4 Å². The molecular formula is C18H20FN. The smallest absolute Gasteiger partial charge is 0.124 e. The van der Waals surface area contributed by atoms with Crippen LogP contribution in [0.5, 0.6) is 0 Å². The van der Waals surface area contributed by atoms with Crippen molar-refractivity contribution in [2.45, 2.75) is 25.7 Å². The Morgan fingerprint density at radius 1 is 1.00 bits per heavy atom. The maximum Gasteiger partial charge on any atom is 0.124 e. The second-order valence-electron chi connectivity index (χ2n) is 5.67. The molecule has 1 aliphatic heterocycles. The molecule has 3 rings (SSSR count). The fourth-order valence-corrected chi connectivity index (χ4v) is 2.99. The van der Waals surface area contributed by atoms with Crippen LogP contribution in [0.2, 0.25) is 0 Å². The number of nitrogens with one attached hydrogen (secondary N) is 1. The molecular weight excluding hydrogens is 249 g/mol. The van der Waals surface area contributed by atoms with E-state index in [0.717, 1.165) is 42.6 Å². The van der Waals surface area contributed by atoms with E-state index in [1.807, 2.05) is 12.1 Å². The van der Waals surface area contributed by atoms with Gasteiger partial charge < -0.3 is 5.32 Å². The summed E-state index contributed by atoms with van der Waals surface area (Å²) in [5, 5.41) is 3.36. The molecule has 2 heteroatoms. The van der Waals surface area contributed by atoms with Crippen molar-refractivity contribution in [3.05, 3.63) is 59.4 Å². The molecule has 0 spiro atoms. The van der Waals surface area contributed by atoms with Crippen molar-refractivity contribution in [2.75, 3.05) is 13.1 Å². The van der Waals surface area contributed by atoms with Crippen LogP contribution in [-0.4, -0.2) is 13.1 Å². The average Bonchev–Trinajstić information content (AvgIpc) is 2.47. The van der Waals surface area contributed by atoms with Crippen LogP contribution in [-0.2, 0) is 0 Å². The largest absolute Gasteiger partial charge is 0.317 e. The molecule has 1 heterocycles. The van der Waals surface area contributed by atoms with Gasteiger partial charge in [0.15, 0.2) is 0 Å². The first kappa shape index (κ1) is 13.3. The summed E-state index contributed by atoms with van der Waals surface area (Å²) < 4.78 is 14.0. The molecule has 0 aliphatic carbocycles.